The molecule has 4 rings (SSSR count). The molecule has 98 valence electrons. The smallest absolute Gasteiger partial charge is 0.309 e. The third-order valence-corrected chi connectivity index (χ3v) is 5.95. The van der Waals surface area contributed by atoms with E-state index >= 15 is 0 Å². The van der Waals surface area contributed by atoms with Gasteiger partial charge in [-0.3, -0.25) is 4.79 Å². The van der Waals surface area contributed by atoms with Gasteiger partial charge in [0.05, 0.1) is 11.5 Å². The Bertz CT molecular complexity index is 468. The van der Waals surface area contributed by atoms with E-state index in [0.717, 1.165) is 19.3 Å². The van der Waals surface area contributed by atoms with E-state index in [4.69, 9.17) is 9.47 Å². The van der Waals surface area contributed by atoms with Crippen LogP contribution in [0.4, 0.5) is 0 Å². The first kappa shape index (κ1) is 11.0. The lowest BCUT2D eigenvalue weighted by molar-refractivity contribution is -0.145. The minimum atomic E-state index is -0.0547. The molecule has 6 atom stereocenters. The third-order valence-electron chi connectivity index (χ3n) is 5.95. The molecule has 3 nitrogen and oxygen atoms in total. The molecular formula is C15H20O3. The summed E-state index contributed by atoms with van der Waals surface area (Å²) in [5.74, 6) is 0.726. The van der Waals surface area contributed by atoms with Crippen LogP contribution in [-0.4, -0.2) is 23.3 Å². The molecule has 1 spiro atoms. The van der Waals surface area contributed by atoms with Gasteiger partial charge in [-0.25, -0.2) is 0 Å². The van der Waals surface area contributed by atoms with Crippen LogP contribution in [-0.2, 0) is 14.3 Å². The van der Waals surface area contributed by atoms with Gasteiger partial charge in [0.15, 0.2) is 0 Å². The molecule has 0 bridgehead atoms. The van der Waals surface area contributed by atoms with Crippen molar-refractivity contribution in [3.63, 3.8) is 0 Å². The van der Waals surface area contributed by atoms with Crippen LogP contribution in [0.2, 0.25) is 0 Å². The topological polar surface area (TPSA) is 38.8 Å². The average molecular weight is 248 g/mol. The predicted octanol–water partition coefficient (Wildman–Crippen LogP) is 2.45. The van der Waals surface area contributed by atoms with Crippen molar-refractivity contribution in [2.24, 2.45) is 17.8 Å². The number of carbonyl (C=O) groups excluding carboxylic acids is 1. The average Bonchev–Trinajstić information content (AvgIpc) is 2.65. The molecule has 2 aliphatic heterocycles. The highest BCUT2D eigenvalue weighted by Gasteiger charge is 2.75. The Morgan fingerprint density at radius 1 is 1.44 bits per heavy atom. The zero-order valence-corrected chi connectivity index (χ0v) is 11.2. The third kappa shape index (κ3) is 1.04. The van der Waals surface area contributed by atoms with Crippen molar-refractivity contribution in [3.8, 4) is 0 Å². The van der Waals surface area contributed by atoms with Gasteiger partial charge in [0.1, 0.15) is 11.7 Å². The zero-order chi connectivity index (χ0) is 12.7. The summed E-state index contributed by atoms with van der Waals surface area (Å²) in [6.45, 7) is 6.43. The van der Waals surface area contributed by atoms with Crippen LogP contribution < -0.4 is 0 Å². The summed E-state index contributed by atoms with van der Waals surface area (Å²) in [4.78, 5) is 11.9. The molecule has 2 saturated heterocycles. The second kappa shape index (κ2) is 3.01. The van der Waals surface area contributed by atoms with Gasteiger partial charge in [0.25, 0.3) is 0 Å². The van der Waals surface area contributed by atoms with Gasteiger partial charge in [0.2, 0.25) is 0 Å². The van der Waals surface area contributed by atoms with Crippen LogP contribution in [0.5, 0.6) is 0 Å². The highest BCUT2D eigenvalue weighted by atomic mass is 16.6. The molecule has 0 aromatic rings. The molecule has 2 aliphatic carbocycles. The lowest BCUT2D eigenvalue weighted by Crippen LogP contribution is -2.37. The molecule has 4 aliphatic rings. The predicted molar refractivity (Wildman–Crippen MR) is 65.9 cm³/mol. The highest BCUT2D eigenvalue weighted by Crippen LogP contribution is 2.67. The summed E-state index contributed by atoms with van der Waals surface area (Å²) >= 11 is 0. The molecule has 3 heteroatoms. The second-order valence-corrected chi connectivity index (χ2v) is 6.75. The van der Waals surface area contributed by atoms with Crippen molar-refractivity contribution in [1.29, 1.82) is 0 Å². The molecule has 0 aromatic carbocycles. The molecule has 2 unspecified atom stereocenters. The standard InChI is InChI=1S/C15H20O3/c1-8-4-7-15-11(8)12-10(9(2)13(16)17-12)5-6-14(15,3)18-15/h4,9-12H,5-7H2,1-3H3/t9-,10?,11+,12-,14-,15?/m0/s1. The minimum Gasteiger partial charge on any atom is -0.461 e. The number of hydrogen-bond acceptors (Lipinski definition) is 3. The van der Waals surface area contributed by atoms with Crippen molar-refractivity contribution in [2.45, 2.75) is 57.3 Å². The van der Waals surface area contributed by atoms with Crippen molar-refractivity contribution >= 4 is 5.97 Å². The molecule has 18 heavy (non-hydrogen) atoms. The maximum Gasteiger partial charge on any atom is 0.309 e. The van der Waals surface area contributed by atoms with Crippen LogP contribution in [0.25, 0.3) is 0 Å². The molecule has 0 amide bonds. The van der Waals surface area contributed by atoms with Gasteiger partial charge in [-0.15, -0.1) is 0 Å². The molecular weight excluding hydrogens is 228 g/mol. The molecule has 3 fully saturated rings. The fourth-order valence-corrected chi connectivity index (χ4v) is 4.71. The van der Waals surface area contributed by atoms with Gasteiger partial charge in [-0.1, -0.05) is 18.6 Å². The maximum atomic E-state index is 11.9. The maximum absolute atomic E-state index is 11.9. The second-order valence-electron chi connectivity index (χ2n) is 6.75. The van der Waals surface area contributed by atoms with Crippen molar-refractivity contribution in [3.05, 3.63) is 11.6 Å². The van der Waals surface area contributed by atoms with E-state index in [1.807, 2.05) is 6.92 Å². The van der Waals surface area contributed by atoms with E-state index in [1.165, 1.54) is 5.57 Å². The highest BCUT2D eigenvalue weighted by molar-refractivity contribution is 5.75. The van der Waals surface area contributed by atoms with Gasteiger partial charge < -0.3 is 9.47 Å². The summed E-state index contributed by atoms with van der Waals surface area (Å²) in [5, 5.41) is 0. The SMILES string of the molecule is CC1=CCC23O[C@@]2(C)CCC2[C@H](C)C(=O)O[C@@H]2[C@@H]13. The number of rotatable bonds is 0. The fourth-order valence-electron chi connectivity index (χ4n) is 4.71. The van der Waals surface area contributed by atoms with Gasteiger partial charge in [-0.05, 0) is 33.1 Å². The summed E-state index contributed by atoms with van der Waals surface area (Å²) in [6, 6.07) is 0. The van der Waals surface area contributed by atoms with Crippen molar-refractivity contribution < 1.29 is 14.3 Å². The van der Waals surface area contributed by atoms with Gasteiger partial charge in [0, 0.05) is 11.8 Å². The molecule has 0 aromatic heterocycles. The van der Waals surface area contributed by atoms with E-state index in [0.29, 0.717) is 11.8 Å². The zero-order valence-electron chi connectivity index (χ0n) is 11.2. The van der Waals surface area contributed by atoms with Crippen LogP contribution in [0.15, 0.2) is 11.6 Å². The Kier molecular flexibility index (Phi) is 1.84. The number of esters is 1. The van der Waals surface area contributed by atoms with Crippen molar-refractivity contribution in [2.75, 3.05) is 0 Å². The van der Waals surface area contributed by atoms with Crippen LogP contribution in [0.1, 0.15) is 40.0 Å². The Hall–Kier alpha value is -0.830. The van der Waals surface area contributed by atoms with E-state index < -0.39 is 0 Å². The van der Waals surface area contributed by atoms with E-state index in [1.54, 1.807) is 0 Å². The van der Waals surface area contributed by atoms with Gasteiger partial charge >= 0.3 is 5.97 Å². The van der Waals surface area contributed by atoms with Crippen LogP contribution in [0, 0.1) is 17.8 Å². The molecule has 2 heterocycles. The molecule has 0 N–H and O–H groups in total. The Labute approximate surface area is 108 Å². The van der Waals surface area contributed by atoms with Crippen molar-refractivity contribution in [1.82, 2.24) is 0 Å². The Morgan fingerprint density at radius 2 is 2.22 bits per heavy atom. The quantitative estimate of drug-likeness (QED) is 0.375. The number of ether oxygens (including phenoxy) is 2. The number of carbonyl (C=O) groups is 1. The molecule has 0 radical (unpaired) electrons. The lowest BCUT2D eigenvalue weighted by Gasteiger charge is -2.27. The Morgan fingerprint density at radius 3 is 3.00 bits per heavy atom. The number of fused-ring (bicyclic) bond motifs is 2. The molecule has 1 saturated carbocycles. The first-order valence-electron chi connectivity index (χ1n) is 7.06. The minimum absolute atomic E-state index is 0.0101. The monoisotopic (exact) mass is 248 g/mol. The van der Waals surface area contributed by atoms with Crippen LogP contribution >= 0.6 is 0 Å². The first-order chi connectivity index (χ1) is 8.48. The summed E-state index contributed by atoms with van der Waals surface area (Å²) in [7, 11) is 0. The van der Waals surface area contributed by atoms with E-state index in [2.05, 4.69) is 19.9 Å². The van der Waals surface area contributed by atoms with E-state index in [-0.39, 0.29) is 29.2 Å². The largest absolute Gasteiger partial charge is 0.461 e. The summed E-state index contributed by atoms with van der Waals surface area (Å²) in [5.41, 5.74) is 1.32. The number of hydrogen-bond donors (Lipinski definition) is 0. The van der Waals surface area contributed by atoms with E-state index in [9.17, 15) is 4.79 Å². The first-order valence-corrected chi connectivity index (χ1v) is 7.06. The van der Waals surface area contributed by atoms with Crippen LogP contribution in [0.3, 0.4) is 0 Å². The fraction of sp³-hybridized carbons (Fsp3) is 0.800. The summed E-state index contributed by atoms with van der Waals surface area (Å²) < 4.78 is 11.9. The lowest BCUT2D eigenvalue weighted by atomic mass is 9.77. The van der Waals surface area contributed by atoms with Gasteiger partial charge in [-0.2, -0.15) is 0 Å². The normalized spacial score (nSPS) is 57.1. The Balaban J connectivity index is 1.78. The summed E-state index contributed by atoms with van der Waals surface area (Å²) in [6.07, 6.45) is 5.45. The number of epoxide rings is 1.